The van der Waals surface area contributed by atoms with Gasteiger partial charge in [0.05, 0.1) is 12.2 Å². The number of hydrogen-bond acceptors (Lipinski definition) is 5. The van der Waals surface area contributed by atoms with Crippen LogP contribution in [0.3, 0.4) is 0 Å². The highest BCUT2D eigenvalue weighted by molar-refractivity contribution is 5.73. The van der Waals surface area contributed by atoms with Crippen LogP contribution in [0, 0.1) is 0 Å². The third-order valence-corrected chi connectivity index (χ3v) is 5.16. The highest BCUT2D eigenvalue weighted by atomic mass is 16.4. The number of hydrogen-bond donors (Lipinski definition) is 0. The third kappa shape index (κ3) is 2.63. The molecule has 0 spiro atoms. The lowest BCUT2D eigenvalue weighted by Crippen LogP contribution is -2.36. The van der Waals surface area contributed by atoms with Crippen LogP contribution in [-0.2, 0) is 6.67 Å². The Balaban J connectivity index is 1.31. The number of benzene rings is 2. The van der Waals surface area contributed by atoms with Gasteiger partial charge in [0.25, 0.3) is 0 Å². The predicted octanol–water partition coefficient (Wildman–Crippen LogP) is 3.57. The van der Waals surface area contributed by atoms with Gasteiger partial charge in [0.15, 0.2) is 17.1 Å². The molecule has 6 nitrogen and oxygen atoms in total. The van der Waals surface area contributed by atoms with E-state index in [1.807, 2.05) is 48.5 Å². The summed E-state index contributed by atoms with van der Waals surface area (Å²) in [5, 5.41) is 0. The average molecular weight is 349 g/mol. The molecular formula is C20H19N3O3. The maximum absolute atomic E-state index is 12.1. The maximum Gasteiger partial charge on any atom is 0.421 e. The smallest absolute Gasteiger partial charge is 0.421 e. The second kappa shape index (κ2) is 6.14. The number of rotatable bonds is 3. The number of oxazole rings is 2. The van der Waals surface area contributed by atoms with E-state index in [4.69, 9.17) is 8.83 Å². The van der Waals surface area contributed by atoms with Crippen molar-refractivity contribution in [3.8, 4) is 0 Å². The van der Waals surface area contributed by atoms with Gasteiger partial charge in [0.1, 0.15) is 5.52 Å². The Kier molecular flexibility index (Phi) is 3.64. The van der Waals surface area contributed by atoms with Crippen LogP contribution < -0.4 is 5.76 Å². The summed E-state index contributed by atoms with van der Waals surface area (Å²) in [6, 6.07) is 15.4. The Morgan fingerprint density at radius 1 is 0.962 bits per heavy atom. The molecule has 2 aromatic heterocycles. The fraction of sp³-hybridized carbons (Fsp3) is 0.300. The first kappa shape index (κ1) is 15.4. The van der Waals surface area contributed by atoms with E-state index in [1.165, 1.54) is 0 Å². The molecule has 132 valence electrons. The Bertz CT molecular complexity index is 1080. The summed E-state index contributed by atoms with van der Waals surface area (Å²) < 4.78 is 12.9. The van der Waals surface area contributed by atoms with Crippen molar-refractivity contribution in [3.05, 3.63) is 65.0 Å². The Morgan fingerprint density at radius 3 is 2.50 bits per heavy atom. The van der Waals surface area contributed by atoms with E-state index in [2.05, 4.69) is 9.88 Å². The third-order valence-electron chi connectivity index (χ3n) is 5.16. The number of likely N-dealkylation sites (tertiary alicyclic amines) is 1. The highest BCUT2D eigenvalue weighted by Gasteiger charge is 2.25. The SMILES string of the molecule is O=c1oc2ccccc2n1CN1CCC(c2nc3ccccc3o2)CC1. The van der Waals surface area contributed by atoms with Crippen molar-refractivity contribution >= 4 is 22.2 Å². The molecule has 0 bridgehead atoms. The zero-order chi connectivity index (χ0) is 17.5. The molecule has 0 radical (unpaired) electrons. The molecule has 6 heteroatoms. The molecule has 1 fully saturated rings. The quantitative estimate of drug-likeness (QED) is 0.566. The van der Waals surface area contributed by atoms with E-state index in [1.54, 1.807) is 4.57 Å². The van der Waals surface area contributed by atoms with Crippen molar-refractivity contribution in [1.29, 1.82) is 0 Å². The van der Waals surface area contributed by atoms with Crippen LogP contribution in [0.4, 0.5) is 0 Å². The predicted molar refractivity (Wildman–Crippen MR) is 98.0 cm³/mol. The topological polar surface area (TPSA) is 64.4 Å². The summed E-state index contributed by atoms with van der Waals surface area (Å²) in [6.07, 6.45) is 1.94. The van der Waals surface area contributed by atoms with Gasteiger partial charge in [-0.15, -0.1) is 0 Å². The Hall–Kier alpha value is -2.86. The molecular weight excluding hydrogens is 330 g/mol. The molecule has 0 aliphatic carbocycles. The normalized spacial score (nSPS) is 16.6. The molecule has 0 amide bonds. The fourth-order valence-electron chi connectivity index (χ4n) is 3.73. The molecule has 2 aromatic carbocycles. The van der Waals surface area contributed by atoms with Gasteiger partial charge in [-0.25, -0.2) is 9.78 Å². The van der Waals surface area contributed by atoms with E-state index in [-0.39, 0.29) is 5.76 Å². The minimum absolute atomic E-state index is 0.299. The lowest BCUT2D eigenvalue weighted by Gasteiger charge is -2.30. The number of aromatic nitrogens is 2. The van der Waals surface area contributed by atoms with E-state index in [0.717, 1.165) is 48.4 Å². The lowest BCUT2D eigenvalue weighted by atomic mass is 9.97. The van der Waals surface area contributed by atoms with Crippen LogP contribution >= 0.6 is 0 Å². The molecule has 1 aliphatic rings. The van der Waals surface area contributed by atoms with Crippen LogP contribution in [0.1, 0.15) is 24.7 Å². The van der Waals surface area contributed by atoms with Gasteiger partial charge in [-0.1, -0.05) is 24.3 Å². The summed E-state index contributed by atoms with van der Waals surface area (Å²) in [5.41, 5.74) is 3.25. The average Bonchev–Trinajstić information content (AvgIpc) is 3.24. The van der Waals surface area contributed by atoms with Crippen molar-refractivity contribution in [2.75, 3.05) is 13.1 Å². The summed E-state index contributed by atoms with van der Waals surface area (Å²) in [4.78, 5) is 19.1. The first-order chi connectivity index (χ1) is 12.8. The van der Waals surface area contributed by atoms with Crippen molar-refractivity contribution in [2.45, 2.75) is 25.4 Å². The second-order valence-corrected chi connectivity index (χ2v) is 6.82. The minimum atomic E-state index is -0.299. The summed E-state index contributed by atoms with van der Waals surface area (Å²) >= 11 is 0. The first-order valence-corrected chi connectivity index (χ1v) is 8.94. The molecule has 0 saturated carbocycles. The molecule has 1 aliphatic heterocycles. The van der Waals surface area contributed by atoms with Gasteiger partial charge in [0, 0.05) is 19.0 Å². The van der Waals surface area contributed by atoms with Gasteiger partial charge in [-0.2, -0.15) is 0 Å². The van der Waals surface area contributed by atoms with Crippen LogP contribution in [0.2, 0.25) is 0 Å². The van der Waals surface area contributed by atoms with Crippen molar-refractivity contribution in [2.24, 2.45) is 0 Å². The minimum Gasteiger partial charge on any atom is -0.440 e. The molecule has 3 heterocycles. The van der Waals surface area contributed by atoms with E-state index >= 15 is 0 Å². The Labute approximate surface area is 149 Å². The standard InChI is InChI=1S/C20H19N3O3/c24-20-23(16-6-2-4-8-18(16)26-20)13-22-11-9-14(10-12-22)19-21-15-5-1-3-7-17(15)25-19/h1-8,14H,9-13H2. The molecule has 1 saturated heterocycles. The van der Waals surface area contributed by atoms with Crippen molar-refractivity contribution < 1.29 is 8.83 Å². The molecule has 0 atom stereocenters. The van der Waals surface area contributed by atoms with Gasteiger partial charge >= 0.3 is 5.76 Å². The summed E-state index contributed by atoms with van der Waals surface area (Å²) in [7, 11) is 0. The van der Waals surface area contributed by atoms with Crippen LogP contribution in [0.25, 0.3) is 22.2 Å². The first-order valence-electron chi connectivity index (χ1n) is 8.94. The van der Waals surface area contributed by atoms with E-state index < -0.39 is 0 Å². The van der Waals surface area contributed by atoms with Gasteiger partial charge < -0.3 is 8.83 Å². The molecule has 26 heavy (non-hydrogen) atoms. The van der Waals surface area contributed by atoms with Gasteiger partial charge in [-0.05, 0) is 37.1 Å². The van der Waals surface area contributed by atoms with Crippen LogP contribution in [0.15, 0.2) is 62.2 Å². The Morgan fingerprint density at radius 2 is 1.69 bits per heavy atom. The maximum atomic E-state index is 12.1. The van der Waals surface area contributed by atoms with Crippen LogP contribution in [-0.4, -0.2) is 27.5 Å². The zero-order valence-electron chi connectivity index (χ0n) is 14.3. The fourth-order valence-corrected chi connectivity index (χ4v) is 3.73. The monoisotopic (exact) mass is 349 g/mol. The van der Waals surface area contributed by atoms with Gasteiger partial charge in [0.2, 0.25) is 0 Å². The molecule has 4 aromatic rings. The van der Waals surface area contributed by atoms with E-state index in [0.29, 0.717) is 18.2 Å². The largest absolute Gasteiger partial charge is 0.440 e. The molecule has 5 rings (SSSR count). The zero-order valence-corrected chi connectivity index (χ0v) is 14.3. The molecule has 0 unspecified atom stereocenters. The second-order valence-electron chi connectivity index (χ2n) is 6.82. The summed E-state index contributed by atoms with van der Waals surface area (Å²) in [5.74, 6) is 0.862. The van der Waals surface area contributed by atoms with Crippen molar-refractivity contribution in [3.63, 3.8) is 0 Å². The highest BCUT2D eigenvalue weighted by Crippen LogP contribution is 2.30. The number of piperidine rings is 1. The number of para-hydroxylation sites is 4. The summed E-state index contributed by atoms with van der Waals surface area (Å²) in [6.45, 7) is 2.35. The van der Waals surface area contributed by atoms with E-state index in [9.17, 15) is 4.79 Å². The molecule has 0 N–H and O–H groups in total. The van der Waals surface area contributed by atoms with Crippen molar-refractivity contribution in [1.82, 2.24) is 14.5 Å². The van der Waals surface area contributed by atoms with Gasteiger partial charge in [-0.3, -0.25) is 9.47 Å². The van der Waals surface area contributed by atoms with Crippen LogP contribution in [0.5, 0.6) is 0 Å². The number of fused-ring (bicyclic) bond motifs is 2. The number of nitrogens with zero attached hydrogens (tertiary/aromatic N) is 3. The lowest BCUT2D eigenvalue weighted by molar-refractivity contribution is 0.159.